The average Bonchev–Trinajstić information content (AvgIpc) is 2.22. The Balaban J connectivity index is 0. The number of hydrogen-bond donors (Lipinski definition) is 5. The molecule has 0 aliphatic rings. The van der Waals surface area contributed by atoms with Gasteiger partial charge in [-0.05, 0) is 5.92 Å². The van der Waals surface area contributed by atoms with Gasteiger partial charge in [-0.15, -0.1) is 0 Å². The minimum Gasteiger partial charge on any atom is -0.481 e. The van der Waals surface area contributed by atoms with Gasteiger partial charge in [-0.25, -0.2) is 0 Å². The summed E-state index contributed by atoms with van der Waals surface area (Å²) in [5, 5.41) is 35.0. The van der Waals surface area contributed by atoms with Crippen LogP contribution in [0.5, 0.6) is 0 Å². The van der Waals surface area contributed by atoms with Crippen LogP contribution in [0.15, 0.2) is 0 Å². The fourth-order valence-electron chi connectivity index (χ4n) is 1.06. The third-order valence-corrected chi connectivity index (χ3v) is 1.84. The highest BCUT2D eigenvalue weighted by atomic mass is 16.4. The van der Waals surface area contributed by atoms with E-state index in [1.165, 1.54) is 0 Å². The summed E-state index contributed by atoms with van der Waals surface area (Å²) in [6, 6.07) is 0. The zero-order valence-electron chi connectivity index (χ0n) is 11.0. The zero-order chi connectivity index (χ0) is 16.1. The van der Waals surface area contributed by atoms with E-state index in [0.717, 1.165) is 0 Å². The maximum atomic E-state index is 10.00. The first-order valence-corrected chi connectivity index (χ1v) is 5.73. The normalized spacial score (nSPS) is 9.50. The minimum atomic E-state index is -0.981. The Morgan fingerprint density at radius 3 is 1.60 bits per heavy atom. The standard InChI is InChI=1S/C6H10O4.C5H9NO4/c1-4(2-5(7)8)3-6(9)10;7-4(8)1-2-6-3-5(9)10/h4H,2-3H2,1H3,(H,7,8)(H,9,10);6H,1-3H2,(H,7,8)(H,9,10). The highest BCUT2D eigenvalue weighted by Crippen LogP contribution is 2.06. The molecular formula is C11H19NO8. The van der Waals surface area contributed by atoms with E-state index in [9.17, 15) is 19.2 Å². The Hall–Kier alpha value is -2.16. The van der Waals surface area contributed by atoms with E-state index in [4.69, 9.17) is 20.4 Å². The van der Waals surface area contributed by atoms with E-state index < -0.39 is 23.9 Å². The van der Waals surface area contributed by atoms with Crippen LogP contribution in [0.25, 0.3) is 0 Å². The molecule has 0 unspecified atom stereocenters. The molecule has 20 heavy (non-hydrogen) atoms. The lowest BCUT2D eigenvalue weighted by Gasteiger charge is -2.02. The fourth-order valence-corrected chi connectivity index (χ4v) is 1.06. The second-order valence-electron chi connectivity index (χ2n) is 4.02. The second-order valence-corrected chi connectivity index (χ2v) is 4.02. The van der Waals surface area contributed by atoms with E-state index in [1.807, 2.05) is 0 Å². The van der Waals surface area contributed by atoms with Crippen LogP contribution in [0.3, 0.4) is 0 Å². The molecule has 116 valence electrons. The average molecular weight is 293 g/mol. The highest BCUT2D eigenvalue weighted by Gasteiger charge is 2.10. The Morgan fingerprint density at radius 2 is 1.30 bits per heavy atom. The van der Waals surface area contributed by atoms with E-state index in [-0.39, 0.29) is 38.3 Å². The lowest BCUT2D eigenvalue weighted by atomic mass is 10.1. The van der Waals surface area contributed by atoms with Crippen molar-refractivity contribution in [3.8, 4) is 0 Å². The molecule has 0 amide bonds. The van der Waals surface area contributed by atoms with Crippen LogP contribution >= 0.6 is 0 Å². The molecule has 0 fully saturated rings. The smallest absolute Gasteiger partial charge is 0.317 e. The molecule has 9 heteroatoms. The Bertz CT molecular complexity index is 309. The van der Waals surface area contributed by atoms with Gasteiger partial charge in [0.15, 0.2) is 0 Å². The van der Waals surface area contributed by atoms with Crippen LogP contribution in [0, 0.1) is 5.92 Å². The molecule has 0 heterocycles. The molecule has 0 aliphatic carbocycles. The molecule has 5 N–H and O–H groups in total. The number of rotatable bonds is 9. The van der Waals surface area contributed by atoms with Crippen LogP contribution in [0.2, 0.25) is 0 Å². The van der Waals surface area contributed by atoms with Gasteiger partial charge >= 0.3 is 23.9 Å². The predicted molar refractivity (Wildman–Crippen MR) is 66.4 cm³/mol. The van der Waals surface area contributed by atoms with Gasteiger partial charge in [0.2, 0.25) is 0 Å². The van der Waals surface area contributed by atoms with E-state index in [0.29, 0.717) is 0 Å². The molecule has 0 aromatic rings. The first kappa shape index (κ1) is 20.2. The van der Waals surface area contributed by atoms with Gasteiger partial charge in [-0.1, -0.05) is 6.92 Å². The number of carboxylic acids is 4. The summed E-state index contributed by atoms with van der Waals surface area (Å²) in [6.07, 6.45) is -0.203. The van der Waals surface area contributed by atoms with Crippen molar-refractivity contribution in [2.75, 3.05) is 13.1 Å². The number of carboxylic acid groups (broad SMARTS) is 4. The summed E-state index contributed by atoms with van der Waals surface area (Å²) in [5.41, 5.74) is 0. The maximum absolute atomic E-state index is 10.00. The van der Waals surface area contributed by atoms with Gasteiger partial charge < -0.3 is 25.7 Å². The summed E-state index contributed by atoms with van der Waals surface area (Å²) in [4.78, 5) is 39.7. The minimum absolute atomic E-state index is 0.0483. The molecule has 0 rings (SSSR count). The molecule has 0 saturated carbocycles. The molecular weight excluding hydrogens is 274 g/mol. The van der Waals surface area contributed by atoms with Crippen molar-refractivity contribution in [2.24, 2.45) is 5.92 Å². The molecule has 0 bridgehead atoms. The number of aliphatic carboxylic acids is 4. The predicted octanol–water partition coefficient (Wildman–Crippen LogP) is -0.293. The van der Waals surface area contributed by atoms with Crippen LogP contribution < -0.4 is 5.32 Å². The van der Waals surface area contributed by atoms with Gasteiger partial charge in [0, 0.05) is 19.4 Å². The molecule has 9 nitrogen and oxygen atoms in total. The summed E-state index contributed by atoms with van der Waals surface area (Å²) in [7, 11) is 0. The van der Waals surface area contributed by atoms with Gasteiger partial charge in [0.05, 0.1) is 13.0 Å². The summed E-state index contributed by atoms with van der Waals surface area (Å²) >= 11 is 0. The SMILES string of the molecule is CC(CC(=O)O)CC(=O)O.O=C(O)CCNCC(=O)O. The lowest BCUT2D eigenvalue weighted by Crippen LogP contribution is -2.24. The fraction of sp³-hybridized carbons (Fsp3) is 0.636. The second kappa shape index (κ2) is 11.9. The Morgan fingerprint density at radius 1 is 0.850 bits per heavy atom. The van der Waals surface area contributed by atoms with Crippen molar-refractivity contribution in [3.05, 3.63) is 0 Å². The van der Waals surface area contributed by atoms with Crippen molar-refractivity contribution < 1.29 is 39.6 Å². The van der Waals surface area contributed by atoms with Crippen LogP contribution in [-0.4, -0.2) is 57.4 Å². The van der Waals surface area contributed by atoms with Gasteiger partial charge in [-0.3, -0.25) is 19.2 Å². The third-order valence-electron chi connectivity index (χ3n) is 1.84. The van der Waals surface area contributed by atoms with Gasteiger partial charge in [0.1, 0.15) is 0 Å². The van der Waals surface area contributed by atoms with Crippen molar-refractivity contribution in [1.82, 2.24) is 5.32 Å². The summed E-state index contributed by atoms with van der Waals surface area (Å²) < 4.78 is 0. The first-order chi connectivity index (χ1) is 9.15. The molecule has 0 radical (unpaired) electrons. The highest BCUT2D eigenvalue weighted by molar-refractivity contribution is 5.70. The molecule has 0 atom stereocenters. The lowest BCUT2D eigenvalue weighted by molar-refractivity contribution is -0.140. The summed E-state index contributed by atoms with van der Waals surface area (Å²) in [5.74, 6) is -4.10. The maximum Gasteiger partial charge on any atom is 0.317 e. The van der Waals surface area contributed by atoms with Crippen LogP contribution in [0.1, 0.15) is 26.2 Å². The molecule has 0 saturated heterocycles. The molecule has 0 aromatic heterocycles. The molecule has 0 aromatic carbocycles. The molecule has 0 aliphatic heterocycles. The van der Waals surface area contributed by atoms with Crippen molar-refractivity contribution in [2.45, 2.75) is 26.2 Å². The van der Waals surface area contributed by atoms with E-state index in [1.54, 1.807) is 6.92 Å². The van der Waals surface area contributed by atoms with Crippen LogP contribution in [0.4, 0.5) is 0 Å². The number of hydrogen-bond acceptors (Lipinski definition) is 5. The summed E-state index contributed by atoms with van der Waals surface area (Å²) in [6.45, 7) is 1.61. The van der Waals surface area contributed by atoms with E-state index in [2.05, 4.69) is 5.32 Å². The topological polar surface area (TPSA) is 161 Å². The number of carbonyl (C=O) groups is 4. The Kier molecular flexibility index (Phi) is 12.0. The van der Waals surface area contributed by atoms with Crippen molar-refractivity contribution in [1.29, 1.82) is 0 Å². The third kappa shape index (κ3) is 21.2. The Labute approximate surface area is 115 Å². The van der Waals surface area contributed by atoms with Crippen molar-refractivity contribution >= 4 is 23.9 Å². The number of nitrogens with one attached hydrogen (secondary N) is 1. The van der Waals surface area contributed by atoms with E-state index >= 15 is 0 Å². The van der Waals surface area contributed by atoms with Gasteiger partial charge in [0.25, 0.3) is 0 Å². The van der Waals surface area contributed by atoms with Crippen LogP contribution in [-0.2, 0) is 19.2 Å². The van der Waals surface area contributed by atoms with Crippen molar-refractivity contribution in [3.63, 3.8) is 0 Å². The monoisotopic (exact) mass is 293 g/mol. The van der Waals surface area contributed by atoms with Gasteiger partial charge in [-0.2, -0.15) is 0 Å². The largest absolute Gasteiger partial charge is 0.481 e. The zero-order valence-corrected chi connectivity index (χ0v) is 11.0. The molecule has 0 spiro atoms. The first-order valence-electron chi connectivity index (χ1n) is 5.73. The quantitative estimate of drug-likeness (QED) is 0.359.